The predicted octanol–water partition coefficient (Wildman–Crippen LogP) is 3.06. The molecule has 1 aromatic carbocycles. The van der Waals surface area contributed by atoms with E-state index in [1.165, 1.54) is 10.8 Å². The van der Waals surface area contributed by atoms with Crippen LogP contribution in [0.5, 0.6) is 0 Å². The molecular formula is C13H24O2Si3. The smallest absolute Gasteiger partial charge is 0.311 e. The van der Waals surface area contributed by atoms with Gasteiger partial charge in [-0.1, -0.05) is 31.2 Å². The summed E-state index contributed by atoms with van der Waals surface area (Å²) in [4.78, 5) is 0. The Bertz CT molecular complexity index is 386. The van der Waals surface area contributed by atoms with Gasteiger partial charge in [0.25, 0.3) is 9.76 Å². The zero-order valence-electron chi connectivity index (χ0n) is 12.3. The summed E-state index contributed by atoms with van der Waals surface area (Å²) in [6.45, 7) is 13.1. The second-order valence-electron chi connectivity index (χ2n) is 5.83. The zero-order chi connectivity index (χ0) is 13.8. The molecule has 2 nitrogen and oxygen atoms in total. The summed E-state index contributed by atoms with van der Waals surface area (Å²) in [6, 6.07) is 8.52. The Kier molecular flexibility index (Phi) is 5.54. The summed E-state index contributed by atoms with van der Waals surface area (Å²) in [6.07, 6.45) is 1.06. The molecule has 18 heavy (non-hydrogen) atoms. The van der Waals surface area contributed by atoms with Gasteiger partial charge in [-0.3, -0.25) is 0 Å². The largest absolute Gasteiger partial charge is 0.437 e. The average Bonchev–Trinajstić information content (AvgIpc) is 2.23. The number of hydrogen-bond donors (Lipinski definition) is 0. The molecule has 0 aliphatic rings. The molecule has 0 heterocycles. The van der Waals surface area contributed by atoms with Crippen molar-refractivity contribution in [3.8, 4) is 0 Å². The average molecular weight is 297 g/mol. The van der Waals surface area contributed by atoms with Crippen LogP contribution < -0.4 is 5.19 Å². The van der Waals surface area contributed by atoms with Crippen LogP contribution in [0, 0.1) is 0 Å². The summed E-state index contributed by atoms with van der Waals surface area (Å²) in [5.41, 5.74) is 1.38. The molecule has 0 aromatic heterocycles. The van der Waals surface area contributed by atoms with Crippen molar-refractivity contribution in [2.45, 2.75) is 46.1 Å². The van der Waals surface area contributed by atoms with Crippen molar-refractivity contribution in [2.24, 2.45) is 0 Å². The fourth-order valence-electron chi connectivity index (χ4n) is 1.86. The molecule has 0 atom stereocenters. The number of benzene rings is 1. The van der Waals surface area contributed by atoms with Crippen LogP contribution >= 0.6 is 0 Å². The van der Waals surface area contributed by atoms with Crippen LogP contribution in [0.1, 0.15) is 12.5 Å². The fraction of sp³-hybridized carbons (Fsp3) is 0.538. The lowest BCUT2D eigenvalue weighted by Gasteiger charge is -2.31. The third-order valence-corrected chi connectivity index (χ3v) is 9.86. The molecule has 0 saturated heterocycles. The highest BCUT2D eigenvalue weighted by Gasteiger charge is 2.31. The van der Waals surface area contributed by atoms with Crippen molar-refractivity contribution < 1.29 is 8.23 Å². The van der Waals surface area contributed by atoms with Crippen molar-refractivity contribution in [3.05, 3.63) is 29.8 Å². The fourth-order valence-corrected chi connectivity index (χ4v) is 10.3. The van der Waals surface area contributed by atoms with E-state index in [-0.39, 0.29) is 0 Å². The summed E-state index contributed by atoms with van der Waals surface area (Å²) < 4.78 is 12.3. The molecule has 0 unspecified atom stereocenters. The Hall–Kier alpha value is -0.209. The number of aryl methyl sites for hydroxylation is 1. The van der Waals surface area contributed by atoms with Gasteiger partial charge < -0.3 is 8.23 Å². The Balaban J connectivity index is 2.64. The van der Waals surface area contributed by atoms with Crippen molar-refractivity contribution in [2.75, 3.05) is 0 Å². The lowest BCUT2D eigenvalue weighted by molar-refractivity contribution is 0.414. The van der Waals surface area contributed by atoms with Crippen LogP contribution in [0.3, 0.4) is 0 Å². The van der Waals surface area contributed by atoms with Gasteiger partial charge in [-0.2, -0.15) is 0 Å². The van der Waals surface area contributed by atoms with Crippen molar-refractivity contribution >= 4 is 31.8 Å². The van der Waals surface area contributed by atoms with Gasteiger partial charge in [0.15, 0.2) is 8.32 Å². The van der Waals surface area contributed by atoms with Crippen LogP contribution in [0.15, 0.2) is 24.3 Å². The van der Waals surface area contributed by atoms with E-state index in [0.717, 1.165) is 6.42 Å². The van der Waals surface area contributed by atoms with E-state index in [1.54, 1.807) is 0 Å². The van der Waals surface area contributed by atoms with E-state index in [2.05, 4.69) is 63.9 Å². The van der Waals surface area contributed by atoms with Gasteiger partial charge in [0.05, 0.1) is 0 Å². The van der Waals surface area contributed by atoms with Crippen molar-refractivity contribution in [1.29, 1.82) is 0 Å². The molecular weight excluding hydrogens is 272 g/mol. The summed E-state index contributed by atoms with van der Waals surface area (Å²) in [5.74, 6) is 0. The first-order chi connectivity index (χ1) is 8.23. The minimum atomic E-state index is -1.98. The van der Waals surface area contributed by atoms with Crippen LogP contribution in [-0.4, -0.2) is 26.6 Å². The predicted molar refractivity (Wildman–Crippen MR) is 84.2 cm³/mol. The normalized spacial score (nSPS) is 12.8. The Morgan fingerprint density at radius 1 is 1.06 bits per heavy atom. The first kappa shape index (κ1) is 15.8. The second kappa shape index (κ2) is 6.29. The summed E-state index contributed by atoms with van der Waals surface area (Å²) in [5, 5.41) is 1.32. The lowest BCUT2D eigenvalue weighted by atomic mass is 10.2. The van der Waals surface area contributed by atoms with E-state index >= 15 is 0 Å². The maximum absolute atomic E-state index is 6.18. The van der Waals surface area contributed by atoms with Gasteiger partial charge in [0.1, 0.15) is 0 Å². The quantitative estimate of drug-likeness (QED) is 0.751. The van der Waals surface area contributed by atoms with Crippen molar-refractivity contribution in [1.82, 2.24) is 0 Å². The van der Waals surface area contributed by atoms with Crippen LogP contribution in [-0.2, 0) is 14.7 Å². The Morgan fingerprint density at radius 3 is 2.22 bits per heavy atom. The molecule has 0 spiro atoms. The molecule has 100 valence electrons. The summed E-state index contributed by atoms with van der Waals surface area (Å²) in [7, 11) is -3.09. The maximum atomic E-state index is 6.18. The van der Waals surface area contributed by atoms with E-state index in [9.17, 15) is 0 Å². The van der Waals surface area contributed by atoms with Crippen LogP contribution in [0.4, 0.5) is 0 Å². The van der Waals surface area contributed by atoms with E-state index in [0.29, 0.717) is 9.76 Å². The minimum absolute atomic E-state index is 0.406. The molecule has 0 fully saturated rings. The van der Waals surface area contributed by atoms with E-state index < -0.39 is 16.9 Å². The van der Waals surface area contributed by atoms with Gasteiger partial charge in [0, 0.05) is 0 Å². The molecule has 1 aromatic rings. The monoisotopic (exact) mass is 296 g/mol. The van der Waals surface area contributed by atoms with Crippen molar-refractivity contribution in [3.63, 3.8) is 0 Å². The van der Waals surface area contributed by atoms with Gasteiger partial charge in [0.2, 0.25) is 0 Å². The van der Waals surface area contributed by atoms with Gasteiger partial charge in [-0.25, -0.2) is 0 Å². The van der Waals surface area contributed by atoms with E-state index in [1.807, 2.05) is 0 Å². The molecule has 0 amide bonds. The molecule has 0 saturated carbocycles. The molecule has 0 bridgehead atoms. The SMILES string of the molecule is CCc1ccccc1[Si]O[Si](C)(C)O[Si](C)(C)C. The maximum Gasteiger partial charge on any atom is 0.311 e. The topological polar surface area (TPSA) is 18.5 Å². The number of hydrogen-bond acceptors (Lipinski definition) is 2. The number of rotatable bonds is 6. The zero-order valence-corrected chi connectivity index (χ0v) is 15.3. The highest BCUT2D eigenvalue weighted by Crippen LogP contribution is 2.14. The molecule has 0 N–H and O–H groups in total. The molecule has 2 radical (unpaired) electrons. The standard InChI is InChI=1S/C13H24O2Si3/c1-7-12-10-8-9-11-13(12)16-14-18(5,6)15-17(2,3)4/h8-11H,7H2,1-6H3. The highest BCUT2D eigenvalue weighted by atomic mass is 28.5. The first-order valence-electron chi connectivity index (χ1n) is 6.45. The third-order valence-electron chi connectivity index (χ3n) is 2.36. The Morgan fingerprint density at radius 2 is 1.67 bits per heavy atom. The molecule has 0 aliphatic heterocycles. The van der Waals surface area contributed by atoms with Gasteiger partial charge >= 0.3 is 8.56 Å². The van der Waals surface area contributed by atoms with Gasteiger partial charge in [-0.05, 0) is 49.9 Å². The van der Waals surface area contributed by atoms with Gasteiger partial charge in [-0.15, -0.1) is 0 Å². The molecule has 1 rings (SSSR count). The second-order valence-corrected chi connectivity index (χ2v) is 15.2. The lowest BCUT2D eigenvalue weighted by Crippen LogP contribution is -2.47. The first-order valence-corrected chi connectivity index (χ1v) is 13.6. The summed E-state index contributed by atoms with van der Waals surface area (Å²) >= 11 is 0. The van der Waals surface area contributed by atoms with Crippen LogP contribution in [0.2, 0.25) is 32.7 Å². The highest BCUT2D eigenvalue weighted by molar-refractivity contribution is 6.83. The molecule has 0 aliphatic carbocycles. The minimum Gasteiger partial charge on any atom is -0.437 e. The molecule has 5 heteroatoms. The Labute approximate surface area is 116 Å². The van der Waals surface area contributed by atoms with E-state index in [4.69, 9.17) is 8.23 Å². The van der Waals surface area contributed by atoms with Crippen LogP contribution in [0.25, 0.3) is 0 Å². The third kappa shape index (κ3) is 5.62.